The van der Waals surface area contributed by atoms with E-state index in [4.69, 9.17) is 4.74 Å². The fourth-order valence-electron chi connectivity index (χ4n) is 5.58. The second kappa shape index (κ2) is 13.4. The number of ether oxygens (including phenoxy) is 1. The zero-order chi connectivity index (χ0) is 29.7. The molecule has 0 saturated heterocycles. The van der Waals surface area contributed by atoms with Crippen LogP contribution in [0.15, 0.2) is 47.4 Å². The van der Waals surface area contributed by atoms with Crippen LogP contribution >= 0.6 is 0 Å². The number of sulfonamides is 1. The first-order valence-electron chi connectivity index (χ1n) is 14.5. The van der Waals surface area contributed by atoms with Gasteiger partial charge in [-0.25, -0.2) is 8.42 Å². The van der Waals surface area contributed by atoms with Gasteiger partial charge in [-0.15, -0.1) is 0 Å². The third kappa shape index (κ3) is 7.47. The van der Waals surface area contributed by atoms with Gasteiger partial charge in [0.25, 0.3) is 0 Å². The second-order valence-corrected chi connectivity index (χ2v) is 13.7. The number of aryl methyl sites for hydroxylation is 1. The number of anilines is 1. The van der Waals surface area contributed by atoms with Crippen molar-refractivity contribution in [2.75, 3.05) is 32.1 Å². The summed E-state index contributed by atoms with van der Waals surface area (Å²) < 4.78 is 34.5. The van der Waals surface area contributed by atoms with Crippen LogP contribution in [0.25, 0.3) is 0 Å². The molecule has 41 heavy (non-hydrogen) atoms. The van der Waals surface area contributed by atoms with Crippen molar-refractivity contribution in [2.45, 2.75) is 76.3 Å². The van der Waals surface area contributed by atoms with Crippen LogP contribution in [0.2, 0.25) is 0 Å². The number of hydrogen-bond donors (Lipinski definition) is 2. The molecule has 0 aromatic heterocycles. The molecule has 1 aliphatic carbocycles. The third-order valence-electron chi connectivity index (χ3n) is 8.33. The molecule has 1 fully saturated rings. The number of hydrogen-bond acceptors (Lipinski definition) is 6. The molecule has 1 aliphatic heterocycles. The predicted octanol–water partition coefficient (Wildman–Crippen LogP) is 3.98. The van der Waals surface area contributed by atoms with E-state index in [1.807, 2.05) is 13.8 Å². The Bertz CT molecular complexity index is 1320. The average Bonchev–Trinajstić information content (AvgIpc) is 3.00. The van der Waals surface area contributed by atoms with Crippen molar-refractivity contribution in [3.05, 3.63) is 53.6 Å². The van der Waals surface area contributed by atoms with Gasteiger partial charge in [-0.2, -0.15) is 4.31 Å². The van der Waals surface area contributed by atoms with E-state index in [1.165, 1.54) is 11.4 Å². The monoisotopic (exact) mass is 585 g/mol. The molecule has 3 atom stereocenters. The molecular weight excluding hydrogens is 542 g/mol. The molecule has 0 spiro atoms. The van der Waals surface area contributed by atoms with Crippen LogP contribution in [-0.4, -0.2) is 73.4 Å². The van der Waals surface area contributed by atoms with Crippen molar-refractivity contribution < 1.29 is 27.9 Å². The SMILES string of the molecule is Cc1ccc(S(=O)(=O)N(C)C[C@H]2Oc3ccc(NC(=O)C4CCCCC4)cc3CC(=O)N([C@H](C)CO)C[C@H]2C)cc1. The number of nitrogens with one attached hydrogen (secondary N) is 1. The van der Waals surface area contributed by atoms with Gasteiger partial charge in [-0.3, -0.25) is 9.59 Å². The van der Waals surface area contributed by atoms with Gasteiger partial charge < -0.3 is 20.1 Å². The number of aliphatic hydroxyl groups excluding tert-OH is 1. The van der Waals surface area contributed by atoms with Gasteiger partial charge in [0.2, 0.25) is 21.8 Å². The molecule has 0 radical (unpaired) electrons. The minimum Gasteiger partial charge on any atom is -0.488 e. The van der Waals surface area contributed by atoms with Crippen molar-refractivity contribution in [1.29, 1.82) is 0 Å². The number of fused-ring (bicyclic) bond motifs is 1. The average molecular weight is 586 g/mol. The molecule has 9 nitrogen and oxygen atoms in total. The Hall–Kier alpha value is -2.95. The maximum atomic E-state index is 13.5. The molecule has 2 amide bonds. The number of rotatable bonds is 8. The number of nitrogens with zero attached hydrogens (tertiary/aromatic N) is 2. The first kappa shape index (κ1) is 31.0. The number of carbonyl (C=O) groups excluding carboxylic acids is 2. The van der Waals surface area contributed by atoms with Crippen molar-refractivity contribution >= 4 is 27.5 Å². The normalized spacial score (nSPS) is 21.3. The Morgan fingerprint density at radius 1 is 1.15 bits per heavy atom. The number of carbonyl (C=O) groups is 2. The highest BCUT2D eigenvalue weighted by atomic mass is 32.2. The number of likely N-dealkylation sites (N-methyl/N-ethyl adjacent to an activating group) is 1. The highest BCUT2D eigenvalue weighted by molar-refractivity contribution is 7.89. The lowest BCUT2D eigenvalue weighted by Crippen LogP contribution is -2.48. The fraction of sp³-hybridized carbons (Fsp3) is 0.548. The van der Waals surface area contributed by atoms with Gasteiger partial charge in [-0.05, 0) is 57.0 Å². The van der Waals surface area contributed by atoms with E-state index in [-0.39, 0.29) is 48.1 Å². The predicted molar refractivity (Wildman–Crippen MR) is 158 cm³/mol. The molecular formula is C31H43N3O6S. The molecule has 0 bridgehead atoms. The van der Waals surface area contributed by atoms with E-state index in [0.717, 1.165) is 37.7 Å². The first-order valence-corrected chi connectivity index (χ1v) is 16.0. The lowest BCUT2D eigenvalue weighted by Gasteiger charge is -2.33. The summed E-state index contributed by atoms with van der Waals surface area (Å²) in [5.74, 6) is 0.0416. The van der Waals surface area contributed by atoms with E-state index >= 15 is 0 Å². The minimum atomic E-state index is -3.78. The maximum Gasteiger partial charge on any atom is 0.242 e. The van der Waals surface area contributed by atoms with Crippen LogP contribution in [0.4, 0.5) is 5.69 Å². The number of benzene rings is 2. The Balaban J connectivity index is 1.62. The summed E-state index contributed by atoms with van der Waals surface area (Å²) in [6, 6.07) is 11.6. The van der Waals surface area contributed by atoms with Crippen LogP contribution in [0.3, 0.4) is 0 Å². The maximum absolute atomic E-state index is 13.5. The van der Waals surface area contributed by atoms with Gasteiger partial charge in [-0.1, -0.05) is 43.9 Å². The molecule has 0 unspecified atom stereocenters. The Morgan fingerprint density at radius 2 is 1.83 bits per heavy atom. The van der Waals surface area contributed by atoms with E-state index in [0.29, 0.717) is 23.5 Å². The summed E-state index contributed by atoms with van der Waals surface area (Å²) in [5, 5.41) is 12.9. The molecule has 4 rings (SSSR count). The summed E-state index contributed by atoms with van der Waals surface area (Å²) in [4.78, 5) is 28.2. The lowest BCUT2D eigenvalue weighted by molar-refractivity contribution is -0.134. The molecule has 2 N–H and O–H groups in total. The summed E-state index contributed by atoms with van der Waals surface area (Å²) in [5.41, 5.74) is 2.17. The van der Waals surface area contributed by atoms with E-state index < -0.39 is 22.2 Å². The highest BCUT2D eigenvalue weighted by Crippen LogP contribution is 2.31. The van der Waals surface area contributed by atoms with Crippen LogP contribution in [0.5, 0.6) is 5.75 Å². The van der Waals surface area contributed by atoms with Crippen molar-refractivity contribution in [3.8, 4) is 5.75 Å². The standard InChI is InChI=1S/C31H43N3O6S/c1-21-10-13-27(14-11-21)41(38,39)33(4)19-29-22(2)18-34(23(3)20-35)30(36)17-25-16-26(12-15-28(25)40-29)32-31(37)24-8-6-5-7-9-24/h10-16,22-24,29,35H,5-9,17-20H2,1-4H3,(H,32,37)/t22-,23-,29-/m1/s1. The summed E-state index contributed by atoms with van der Waals surface area (Å²) >= 11 is 0. The second-order valence-electron chi connectivity index (χ2n) is 11.6. The molecule has 2 aliphatic rings. The number of amides is 2. The summed E-state index contributed by atoms with van der Waals surface area (Å²) in [7, 11) is -2.25. The molecule has 224 valence electrons. The van der Waals surface area contributed by atoms with Crippen molar-refractivity contribution in [2.24, 2.45) is 11.8 Å². The van der Waals surface area contributed by atoms with Gasteiger partial charge in [0, 0.05) is 36.7 Å². The molecule has 2 aromatic rings. The Kier molecular flexibility index (Phi) is 10.1. The summed E-state index contributed by atoms with van der Waals surface area (Å²) in [6.45, 7) is 5.77. The fourth-order valence-corrected chi connectivity index (χ4v) is 6.76. The quantitative estimate of drug-likeness (QED) is 0.484. The van der Waals surface area contributed by atoms with Crippen LogP contribution in [0, 0.1) is 18.8 Å². The summed E-state index contributed by atoms with van der Waals surface area (Å²) in [6.07, 6.45) is 4.47. The van der Waals surface area contributed by atoms with Crippen molar-refractivity contribution in [1.82, 2.24) is 9.21 Å². The Labute approximate surface area is 243 Å². The van der Waals surface area contributed by atoms with E-state index in [2.05, 4.69) is 5.32 Å². The van der Waals surface area contributed by atoms with Crippen molar-refractivity contribution in [3.63, 3.8) is 0 Å². The van der Waals surface area contributed by atoms with E-state index in [9.17, 15) is 23.1 Å². The zero-order valence-corrected chi connectivity index (χ0v) is 25.3. The molecule has 2 aromatic carbocycles. The largest absolute Gasteiger partial charge is 0.488 e. The molecule has 1 saturated carbocycles. The van der Waals surface area contributed by atoms with Gasteiger partial charge >= 0.3 is 0 Å². The smallest absolute Gasteiger partial charge is 0.242 e. The zero-order valence-electron chi connectivity index (χ0n) is 24.5. The number of aliphatic hydroxyl groups is 1. The van der Waals surface area contributed by atoms with Crippen LogP contribution < -0.4 is 10.1 Å². The third-order valence-corrected chi connectivity index (χ3v) is 10.2. The van der Waals surface area contributed by atoms with E-state index in [1.54, 1.807) is 54.3 Å². The molecule has 1 heterocycles. The van der Waals surface area contributed by atoms with Gasteiger partial charge in [0.15, 0.2) is 0 Å². The Morgan fingerprint density at radius 3 is 2.49 bits per heavy atom. The van der Waals surface area contributed by atoms with Crippen LogP contribution in [-0.2, 0) is 26.0 Å². The molecule has 10 heteroatoms. The lowest BCUT2D eigenvalue weighted by atomic mass is 9.88. The highest BCUT2D eigenvalue weighted by Gasteiger charge is 2.33. The van der Waals surface area contributed by atoms with Crippen LogP contribution in [0.1, 0.15) is 57.1 Å². The van der Waals surface area contributed by atoms with Gasteiger partial charge in [0.1, 0.15) is 11.9 Å². The first-order chi connectivity index (χ1) is 19.5. The van der Waals surface area contributed by atoms with Gasteiger partial charge in [0.05, 0.1) is 30.5 Å². The minimum absolute atomic E-state index is 0.00933. The topological polar surface area (TPSA) is 116 Å².